The number of imidazole rings is 1. The van der Waals surface area contributed by atoms with Crippen LogP contribution in [0.3, 0.4) is 0 Å². The molecule has 2 aromatic rings. The smallest absolute Gasteiger partial charge is 0.338 e. The first-order valence-electron chi connectivity index (χ1n) is 6.77. The summed E-state index contributed by atoms with van der Waals surface area (Å²) in [5, 5.41) is 9.09. The van der Waals surface area contributed by atoms with Crippen LogP contribution < -0.4 is 0 Å². The van der Waals surface area contributed by atoms with Crippen LogP contribution in [0, 0.1) is 5.82 Å². The number of halogens is 1. The standard InChI is InChI=1S/C14H16FN3O2/c15-9-7-10(14(19)20)13-11(8-9)16-12(17-13)3-6-18-4-1-2-5-18/h7-8H,1-6H2,(H,16,17)(H,19,20). The molecule has 2 heterocycles. The first-order chi connectivity index (χ1) is 9.63. The molecule has 1 aliphatic rings. The van der Waals surface area contributed by atoms with Crippen molar-refractivity contribution in [1.82, 2.24) is 14.9 Å². The van der Waals surface area contributed by atoms with Gasteiger partial charge in [-0.25, -0.2) is 14.2 Å². The zero-order valence-electron chi connectivity index (χ0n) is 11.0. The van der Waals surface area contributed by atoms with E-state index >= 15 is 0 Å². The van der Waals surface area contributed by atoms with Crippen molar-refractivity contribution in [3.05, 3.63) is 29.3 Å². The van der Waals surface area contributed by atoms with Crippen molar-refractivity contribution in [2.45, 2.75) is 19.3 Å². The Morgan fingerprint density at radius 2 is 2.15 bits per heavy atom. The Kier molecular flexibility index (Phi) is 3.40. The molecule has 1 aliphatic heterocycles. The normalized spacial score (nSPS) is 16.1. The Balaban J connectivity index is 1.85. The number of carbonyl (C=O) groups is 1. The van der Waals surface area contributed by atoms with Crippen molar-refractivity contribution < 1.29 is 14.3 Å². The molecule has 6 heteroatoms. The Morgan fingerprint density at radius 3 is 2.85 bits per heavy atom. The third-order valence-corrected chi connectivity index (χ3v) is 3.69. The highest BCUT2D eigenvalue weighted by molar-refractivity contribution is 6.00. The van der Waals surface area contributed by atoms with E-state index in [2.05, 4.69) is 14.9 Å². The number of nitrogens with zero attached hydrogens (tertiary/aromatic N) is 2. The van der Waals surface area contributed by atoms with E-state index in [4.69, 9.17) is 5.11 Å². The van der Waals surface area contributed by atoms with Gasteiger partial charge in [0.25, 0.3) is 0 Å². The predicted octanol–water partition coefficient (Wildman–Crippen LogP) is 2.04. The number of aromatic amines is 1. The number of hydrogen-bond donors (Lipinski definition) is 2. The number of benzene rings is 1. The summed E-state index contributed by atoms with van der Waals surface area (Å²) < 4.78 is 13.4. The number of H-pyrrole nitrogens is 1. The van der Waals surface area contributed by atoms with Crippen LogP contribution in [0.1, 0.15) is 29.0 Å². The lowest BCUT2D eigenvalue weighted by Crippen LogP contribution is -2.22. The highest BCUT2D eigenvalue weighted by atomic mass is 19.1. The van der Waals surface area contributed by atoms with Gasteiger partial charge in [-0.05, 0) is 38.1 Å². The molecular formula is C14H16FN3O2. The molecule has 0 radical (unpaired) electrons. The summed E-state index contributed by atoms with van der Waals surface area (Å²) in [5.41, 5.74) is 0.679. The molecule has 0 unspecified atom stereocenters. The van der Waals surface area contributed by atoms with Crippen LogP contribution in [0.15, 0.2) is 12.1 Å². The number of carboxylic acid groups (broad SMARTS) is 1. The zero-order valence-corrected chi connectivity index (χ0v) is 11.0. The van der Waals surface area contributed by atoms with Crippen LogP contribution in [0.25, 0.3) is 11.0 Å². The molecule has 0 aliphatic carbocycles. The van der Waals surface area contributed by atoms with Crippen molar-refractivity contribution in [3.63, 3.8) is 0 Å². The number of fused-ring (bicyclic) bond motifs is 1. The summed E-state index contributed by atoms with van der Waals surface area (Å²) >= 11 is 0. The second-order valence-electron chi connectivity index (χ2n) is 5.14. The first-order valence-corrected chi connectivity index (χ1v) is 6.77. The summed E-state index contributed by atoms with van der Waals surface area (Å²) in [7, 11) is 0. The maximum atomic E-state index is 13.4. The summed E-state index contributed by atoms with van der Waals surface area (Å²) in [6.07, 6.45) is 3.18. The van der Waals surface area contributed by atoms with E-state index in [1.165, 1.54) is 18.9 Å². The Bertz CT molecular complexity index is 647. The molecule has 0 spiro atoms. The van der Waals surface area contributed by atoms with Gasteiger partial charge in [0.05, 0.1) is 11.1 Å². The van der Waals surface area contributed by atoms with Crippen LogP contribution >= 0.6 is 0 Å². The van der Waals surface area contributed by atoms with E-state index in [0.717, 1.165) is 32.1 Å². The minimum Gasteiger partial charge on any atom is -0.478 e. The van der Waals surface area contributed by atoms with Gasteiger partial charge in [0, 0.05) is 13.0 Å². The molecule has 106 valence electrons. The van der Waals surface area contributed by atoms with Crippen LogP contribution in [-0.2, 0) is 6.42 Å². The number of nitrogens with one attached hydrogen (secondary N) is 1. The van der Waals surface area contributed by atoms with Gasteiger partial charge < -0.3 is 15.0 Å². The molecule has 1 fully saturated rings. The van der Waals surface area contributed by atoms with Crippen molar-refractivity contribution in [2.24, 2.45) is 0 Å². The fourth-order valence-electron chi connectivity index (χ4n) is 2.69. The summed E-state index contributed by atoms with van der Waals surface area (Å²) in [5.74, 6) is -1.02. The number of aromatic carboxylic acids is 1. The molecular weight excluding hydrogens is 261 g/mol. The van der Waals surface area contributed by atoms with E-state index in [0.29, 0.717) is 16.9 Å². The van der Waals surface area contributed by atoms with Crippen LogP contribution in [0.4, 0.5) is 4.39 Å². The van der Waals surface area contributed by atoms with E-state index in [9.17, 15) is 9.18 Å². The SMILES string of the molecule is O=C(O)c1cc(F)cc2[nH]c(CCN3CCCC3)nc12. The second-order valence-corrected chi connectivity index (χ2v) is 5.14. The largest absolute Gasteiger partial charge is 0.478 e. The van der Waals surface area contributed by atoms with Crippen LogP contribution in [0.5, 0.6) is 0 Å². The van der Waals surface area contributed by atoms with Crippen molar-refractivity contribution >= 4 is 17.0 Å². The van der Waals surface area contributed by atoms with Crippen LogP contribution in [-0.4, -0.2) is 45.6 Å². The average Bonchev–Trinajstić information content (AvgIpc) is 3.03. The predicted molar refractivity (Wildman–Crippen MR) is 72.4 cm³/mol. The van der Waals surface area contributed by atoms with Gasteiger partial charge in [-0.2, -0.15) is 0 Å². The van der Waals surface area contributed by atoms with Crippen molar-refractivity contribution in [3.8, 4) is 0 Å². The lowest BCUT2D eigenvalue weighted by atomic mass is 10.2. The monoisotopic (exact) mass is 277 g/mol. The highest BCUT2D eigenvalue weighted by Gasteiger charge is 2.16. The minimum absolute atomic E-state index is 0.0938. The molecule has 0 saturated carbocycles. The van der Waals surface area contributed by atoms with Gasteiger partial charge in [0.1, 0.15) is 17.2 Å². The Morgan fingerprint density at radius 1 is 1.40 bits per heavy atom. The van der Waals surface area contributed by atoms with Gasteiger partial charge in [-0.1, -0.05) is 0 Å². The Labute approximate surface area is 115 Å². The fraction of sp³-hybridized carbons (Fsp3) is 0.429. The molecule has 2 N–H and O–H groups in total. The van der Waals surface area contributed by atoms with E-state index < -0.39 is 11.8 Å². The molecule has 20 heavy (non-hydrogen) atoms. The number of likely N-dealkylation sites (tertiary alicyclic amines) is 1. The van der Waals surface area contributed by atoms with E-state index in [-0.39, 0.29) is 5.56 Å². The maximum Gasteiger partial charge on any atom is 0.338 e. The molecule has 0 atom stereocenters. The number of carboxylic acids is 1. The second kappa shape index (κ2) is 5.20. The summed E-state index contributed by atoms with van der Waals surface area (Å²) in [4.78, 5) is 20.8. The van der Waals surface area contributed by atoms with Crippen molar-refractivity contribution in [2.75, 3.05) is 19.6 Å². The number of hydrogen-bond acceptors (Lipinski definition) is 3. The van der Waals surface area contributed by atoms with E-state index in [1.54, 1.807) is 0 Å². The maximum absolute atomic E-state index is 13.4. The first kappa shape index (κ1) is 13.1. The molecule has 5 nitrogen and oxygen atoms in total. The molecule has 1 saturated heterocycles. The minimum atomic E-state index is -1.16. The number of aromatic nitrogens is 2. The average molecular weight is 277 g/mol. The van der Waals surface area contributed by atoms with Crippen molar-refractivity contribution in [1.29, 1.82) is 0 Å². The molecule has 3 rings (SSSR count). The third kappa shape index (κ3) is 2.51. The molecule has 0 bridgehead atoms. The highest BCUT2D eigenvalue weighted by Crippen LogP contribution is 2.19. The lowest BCUT2D eigenvalue weighted by Gasteiger charge is -2.12. The van der Waals surface area contributed by atoms with Crippen LogP contribution in [0.2, 0.25) is 0 Å². The summed E-state index contributed by atoms with van der Waals surface area (Å²) in [6, 6.07) is 2.30. The van der Waals surface area contributed by atoms with Gasteiger partial charge in [-0.15, -0.1) is 0 Å². The van der Waals surface area contributed by atoms with Gasteiger partial charge in [0.15, 0.2) is 0 Å². The molecule has 1 aromatic carbocycles. The molecule has 1 aromatic heterocycles. The van der Waals surface area contributed by atoms with Gasteiger partial charge >= 0.3 is 5.97 Å². The summed E-state index contributed by atoms with van der Waals surface area (Å²) in [6.45, 7) is 3.11. The third-order valence-electron chi connectivity index (χ3n) is 3.69. The Hall–Kier alpha value is -1.95. The lowest BCUT2D eigenvalue weighted by molar-refractivity contribution is 0.0698. The van der Waals surface area contributed by atoms with E-state index in [1.807, 2.05) is 0 Å². The molecule has 0 amide bonds. The van der Waals surface area contributed by atoms with Gasteiger partial charge in [0.2, 0.25) is 0 Å². The number of rotatable bonds is 4. The quantitative estimate of drug-likeness (QED) is 0.897. The topological polar surface area (TPSA) is 69.2 Å². The zero-order chi connectivity index (χ0) is 14.1. The fourth-order valence-corrected chi connectivity index (χ4v) is 2.69. The van der Waals surface area contributed by atoms with Gasteiger partial charge in [-0.3, -0.25) is 0 Å².